The molecule has 0 radical (unpaired) electrons. The molecule has 4 aliphatic rings. The molecule has 0 spiro atoms. The maximum absolute atomic E-state index is 13.5. The maximum atomic E-state index is 13.5. The lowest BCUT2D eigenvalue weighted by molar-refractivity contribution is -0.172. The number of fused-ring (bicyclic) bond motifs is 1. The van der Waals surface area contributed by atoms with Crippen LogP contribution in [0.4, 0.5) is 8.78 Å². The molecule has 4 fully saturated rings. The number of piperidine rings is 1. The molecule has 2 amide bonds. The van der Waals surface area contributed by atoms with Gasteiger partial charge in [0, 0.05) is 47.9 Å². The molecule has 6 rings (SSSR count). The Hall–Kier alpha value is -2.47. The standard InChI is InChI=1S/C28H36F2N6O2S/c1-17-11-18(8-9-31-17)25-22-12-19(4-6-23(22)33-34-25)26(37)32-20-5-7-24(27(38)36-15-28(29,30)16-36)35(13-20)14-21-3-2-10-39-21/h2-3,8-11,19-20,22-25,33-34H,4-7,12-16H2,1H3,(H,32,37)/t19?,20-,22?,23?,24+,25?/m1/s1. The third-order valence-corrected chi connectivity index (χ3v) is 9.67. The first-order valence-electron chi connectivity index (χ1n) is 13.9. The van der Waals surface area contributed by atoms with Crippen molar-refractivity contribution in [3.05, 3.63) is 52.0 Å². The van der Waals surface area contributed by atoms with Gasteiger partial charge in [0.2, 0.25) is 11.8 Å². The fraction of sp³-hybridized carbons (Fsp3) is 0.607. The van der Waals surface area contributed by atoms with Gasteiger partial charge in [-0.2, -0.15) is 0 Å². The number of rotatable bonds is 6. The Morgan fingerprint density at radius 2 is 2.03 bits per heavy atom. The number of aryl methyl sites for hydroxylation is 1. The van der Waals surface area contributed by atoms with Crippen molar-refractivity contribution in [2.24, 2.45) is 11.8 Å². The number of carbonyl (C=O) groups excluding carboxylic acids is 2. The average molecular weight is 559 g/mol. The number of halogens is 2. The van der Waals surface area contributed by atoms with Crippen molar-refractivity contribution < 1.29 is 18.4 Å². The summed E-state index contributed by atoms with van der Waals surface area (Å²) in [6.45, 7) is 2.10. The van der Waals surface area contributed by atoms with Gasteiger partial charge in [-0.25, -0.2) is 14.2 Å². The van der Waals surface area contributed by atoms with Crippen LogP contribution in [-0.4, -0.2) is 70.3 Å². The van der Waals surface area contributed by atoms with Crippen molar-refractivity contribution in [1.29, 1.82) is 0 Å². The van der Waals surface area contributed by atoms with E-state index in [-0.39, 0.29) is 29.8 Å². The van der Waals surface area contributed by atoms with Crippen molar-refractivity contribution in [2.75, 3.05) is 19.6 Å². The number of nitrogens with zero attached hydrogens (tertiary/aromatic N) is 3. The molecule has 0 aromatic carbocycles. The number of amides is 2. The molecule has 11 heteroatoms. The summed E-state index contributed by atoms with van der Waals surface area (Å²) in [7, 11) is 0. The number of nitrogens with one attached hydrogen (secondary N) is 3. The number of hydrogen-bond acceptors (Lipinski definition) is 7. The molecule has 3 N–H and O–H groups in total. The Morgan fingerprint density at radius 1 is 1.18 bits per heavy atom. The molecule has 210 valence electrons. The summed E-state index contributed by atoms with van der Waals surface area (Å²) in [5, 5.41) is 5.29. The van der Waals surface area contributed by atoms with E-state index in [4.69, 9.17) is 0 Å². The Kier molecular flexibility index (Phi) is 7.43. The smallest absolute Gasteiger partial charge is 0.282 e. The highest BCUT2D eigenvalue weighted by Crippen LogP contribution is 2.40. The number of alkyl halides is 2. The van der Waals surface area contributed by atoms with Gasteiger partial charge in [0.15, 0.2) is 0 Å². The van der Waals surface area contributed by atoms with E-state index in [2.05, 4.69) is 32.1 Å². The number of likely N-dealkylation sites (tertiary alicyclic amines) is 2. The van der Waals surface area contributed by atoms with Gasteiger partial charge in [0.1, 0.15) is 0 Å². The lowest BCUT2D eigenvalue weighted by atomic mass is 9.74. The highest BCUT2D eigenvalue weighted by atomic mass is 32.1. The van der Waals surface area contributed by atoms with Crippen LogP contribution in [0.2, 0.25) is 0 Å². The molecular formula is C28H36F2N6O2S. The largest absolute Gasteiger partial charge is 0.352 e. The molecule has 2 aromatic heterocycles. The molecule has 5 heterocycles. The van der Waals surface area contributed by atoms with E-state index >= 15 is 0 Å². The van der Waals surface area contributed by atoms with Crippen LogP contribution < -0.4 is 16.2 Å². The summed E-state index contributed by atoms with van der Waals surface area (Å²) in [6, 6.07) is 8.11. The first-order chi connectivity index (χ1) is 18.8. The predicted octanol–water partition coefficient (Wildman–Crippen LogP) is 3.01. The van der Waals surface area contributed by atoms with E-state index in [1.54, 1.807) is 11.3 Å². The van der Waals surface area contributed by atoms with Crippen LogP contribution in [-0.2, 0) is 16.1 Å². The van der Waals surface area contributed by atoms with Gasteiger partial charge < -0.3 is 10.2 Å². The second-order valence-electron chi connectivity index (χ2n) is 11.6. The molecular weight excluding hydrogens is 522 g/mol. The average Bonchev–Trinajstić information content (AvgIpc) is 3.56. The first kappa shape index (κ1) is 26.7. The number of hydrazine groups is 1. The summed E-state index contributed by atoms with van der Waals surface area (Å²) >= 11 is 1.61. The van der Waals surface area contributed by atoms with E-state index in [1.165, 1.54) is 10.5 Å². The second-order valence-corrected chi connectivity index (χ2v) is 12.7. The van der Waals surface area contributed by atoms with Crippen molar-refractivity contribution in [2.45, 2.75) is 75.7 Å². The Labute approximate surface area is 231 Å². The van der Waals surface area contributed by atoms with Crippen molar-refractivity contribution in [1.82, 2.24) is 31.0 Å². The highest BCUT2D eigenvalue weighted by Gasteiger charge is 2.49. The summed E-state index contributed by atoms with van der Waals surface area (Å²) in [5.74, 6) is -2.67. The zero-order chi connectivity index (χ0) is 27.1. The summed E-state index contributed by atoms with van der Waals surface area (Å²) < 4.78 is 26.9. The fourth-order valence-corrected chi connectivity index (χ4v) is 7.53. The van der Waals surface area contributed by atoms with Crippen LogP contribution >= 0.6 is 11.3 Å². The van der Waals surface area contributed by atoms with Crippen LogP contribution in [0.3, 0.4) is 0 Å². The van der Waals surface area contributed by atoms with Crippen molar-refractivity contribution in [3.8, 4) is 0 Å². The number of carbonyl (C=O) groups is 2. The predicted molar refractivity (Wildman–Crippen MR) is 144 cm³/mol. The third kappa shape index (κ3) is 5.73. The topological polar surface area (TPSA) is 89.6 Å². The highest BCUT2D eigenvalue weighted by molar-refractivity contribution is 7.09. The van der Waals surface area contributed by atoms with Gasteiger partial charge in [0.25, 0.3) is 5.92 Å². The Morgan fingerprint density at radius 3 is 2.77 bits per heavy atom. The van der Waals surface area contributed by atoms with E-state index in [1.807, 2.05) is 36.7 Å². The molecule has 1 aliphatic carbocycles. The van der Waals surface area contributed by atoms with E-state index in [9.17, 15) is 18.4 Å². The van der Waals surface area contributed by atoms with E-state index in [0.29, 0.717) is 37.9 Å². The molecule has 3 saturated heterocycles. The zero-order valence-electron chi connectivity index (χ0n) is 22.1. The molecule has 2 aromatic rings. The van der Waals surface area contributed by atoms with Gasteiger partial charge >= 0.3 is 0 Å². The van der Waals surface area contributed by atoms with Crippen LogP contribution in [0.15, 0.2) is 35.8 Å². The number of thiophene rings is 1. The van der Waals surface area contributed by atoms with E-state index < -0.39 is 25.1 Å². The van der Waals surface area contributed by atoms with Gasteiger partial charge in [-0.1, -0.05) is 6.07 Å². The van der Waals surface area contributed by atoms with Gasteiger partial charge in [-0.05, 0) is 74.1 Å². The molecule has 6 atom stereocenters. The number of pyridine rings is 1. The van der Waals surface area contributed by atoms with Crippen LogP contribution in [0.25, 0.3) is 0 Å². The minimum Gasteiger partial charge on any atom is -0.352 e. The number of aromatic nitrogens is 1. The third-order valence-electron chi connectivity index (χ3n) is 8.81. The quantitative estimate of drug-likeness (QED) is 0.505. The lowest BCUT2D eigenvalue weighted by Crippen LogP contribution is -2.64. The first-order valence-corrected chi connectivity index (χ1v) is 14.8. The summed E-state index contributed by atoms with van der Waals surface area (Å²) in [5.41, 5.74) is 9.06. The van der Waals surface area contributed by atoms with Gasteiger partial charge in [-0.15, -0.1) is 11.3 Å². The minimum atomic E-state index is -2.78. The van der Waals surface area contributed by atoms with Crippen molar-refractivity contribution in [3.63, 3.8) is 0 Å². The number of hydrogen-bond donors (Lipinski definition) is 3. The lowest BCUT2D eigenvalue weighted by Gasteiger charge is -2.45. The van der Waals surface area contributed by atoms with Gasteiger partial charge in [-0.3, -0.25) is 24.9 Å². The van der Waals surface area contributed by atoms with Crippen LogP contribution in [0.1, 0.15) is 54.3 Å². The van der Waals surface area contributed by atoms with Crippen molar-refractivity contribution >= 4 is 23.2 Å². The molecule has 39 heavy (non-hydrogen) atoms. The monoisotopic (exact) mass is 558 g/mol. The Balaban J connectivity index is 1.09. The summed E-state index contributed by atoms with van der Waals surface area (Å²) in [6.07, 6.45) is 5.61. The van der Waals surface area contributed by atoms with Crippen LogP contribution in [0, 0.1) is 18.8 Å². The summed E-state index contributed by atoms with van der Waals surface area (Å²) in [4.78, 5) is 35.4. The molecule has 3 aliphatic heterocycles. The second kappa shape index (κ2) is 10.8. The Bertz CT molecular complexity index is 1190. The fourth-order valence-electron chi connectivity index (χ4n) is 6.80. The zero-order valence-corrected chi connectivity index (χ0v) is 22.9. The van der Waals surface area contributed by atoms with E-state index in [0.717, 1.165) is 29.8 Å². The normalized spacial score (nSPS) is 32.3. The minimum absolute atomic E-state index is 0.0631. The van der Waals surface area contributed by atoms with Crippen LogP contribution in [0.5, 0.6) is 0 Å². The molecule has 8 nitrogen and oxygen atoms in total. The SMILES string of the molecule is Cc1cc(C2NNC3CCC(C(=O)N[C@@H]4CC[C@@H](C(=O)N5CC(F)(F)C5)N(Cc5cccs5)C4)CC32)ccn1. The van der Waals surface area contributed by atoms with Gasteiger partial charge in [0.05, 0.1) is 25.2 Å². The maximum Gasteiger partial charge on any atom is 0.282 e. The molecule has 0 bridgehead atoms. The molecule has 1 saturated carbocycles. The molecule has 4 unspecified atom stereocenters.